The van der Waals surface area contributed by atoms with Crippen LogP contribution in [0.1, 0.15) is 41.8 Å². The van der Waals surface area contributed by atoms with Gasteiger partial charge in [-0.15, -0.1) is 0 Å². The van der Waals surface area contributed by atoms with Gasteiger partial charge in [-0.05, 0) is 73.4 Å². The Morgan fingerprint density at radius 1 is 0.824 bits per heavy atom. The van der Waals surface area contributed by atoms with Crippen LogP contribution in [0, 0.1) is 19.8 Å². The van der Waals surface area contributed by atoms with Gasteiger partial charge in [0.15, 0.2) is 0 Å². The molecular formula is C26H29N3O4S. The summed E-state index contributed by atoms with van der Waals surface area (Å²) in [6, 6.07) is 18.3. The SMILES string of the molecule is Cc1ccccc1NS(=O)(=O)c1ccc(C)c(C(=O)Nc2ccc(NC(=O)CC(C)C)cc2)c1. The fourth-order valence-corrected chi connectivity index (χ4v) is 4.48. The fraction of sp³-hybridized carbons (Fsp3) is 0.231. The molecule has 178 valence electrons. The van der Waals surface area contributed by atoms with Crippen LogP contribution in [0.2, 0.25) is 0 Å². The average molecular weight is 480 g/mol. The summed E-state index contributed by atoms with van der Waals surface area (Å²) in [7, 11) is -3.88. The molecule has 3 rings (SSSR count). The van der Waals surface area contributed by atoms with Gasteiger partial charge in [0.2, 0.25) is 5.91 Å². The zero-order chi connectivity index (χ0) is 24.9. The summed E-state index contributed by atoms with van der Waals surface area (Å²) in [4.78, 5) is 24.8. The topological polar surface area (TPSA) is 104 Å². The highest BCUT2D eigenvalue weighted by Crippen LogP contribution is 2.22. The van der Waals surface area contributed by atoms with Gasteiger partial charge in [0.1, 0.15) is 0 Å². The summed E-state index contributed by atoms with van der Waals surface area (Å²) in [5.74, 6) is -0.241. The first-order valence-electron chi connectivity index (χ1n) is 11.0. The van der Waals surface area contributed by atoms with E-state index in [1.54, 1.807) is 49.4 Å². The summed E-state index contributed by atoms with van der Waals surface area (Å²) < 4.78 is 28.4. The van der Waals surface area contributed by atoms with Gasteiger partial charge < -0.3 is 10.6 Å². The third kappa shape index (κ3) is 6.45. The number of anilines is 3. The second kappa shape index (κ2) is 10.5. The first-order chi connectivity index (χ1) is 16.0. The lowest BCUT2D eigenvalue weighted by Gasteiger charge is -2.13. The predicted octanol–water partition coefficient (Wildman–Crippen LogP) is 5.34. The molecule has 0 radical (unpaired) electrons. The minimum atomic E-state index is -3.88. The van der Waals surface area contributed by atoms with Crippen LogP contribution in [-0.4, -0.2) is 20.2 Å². The zero-order valence-corrected chi connectivity index (χ0v) is 20.5. The molecule has 7 nitrogen and oxygen atoms in total. The monoisotopic (exact) mass is 479 g/mol. The van der Waals surface area contributed by atoms with Crippen molar-refractivity contribution in [2.75, 3.05) is 15.4 Å². The number of carbonyl (C=O) groups is 2. The van der Waals surface area contributed by atoms with E-state index in [0.29, 0.717) is 29.0 Å². The summed E-state index contributed by atoms with van der Waals surface area (Å²) in [5.41, 5.74) is 3.33. The predicted molar refractivity (Wildman–Crippen MR) is 136 cm³/mol. The lowest BCUT2D eigenvalue weighted by Crippen LogP contribution is -2.17. The fourth-order valence-electron chi connectivity index (χ4n) is 3.32. The van der Waals surface area contributed by atoms with Crippen LogP contribution in [0.3, 0.4) is 0 Å². The van der Waals surface area contributed by atoms with Gasteiger partial charge in [-0.1, -0.05) is 38.1 Å². The molecule has 8 heteroatoms. The molecular weight excluding hydrogens is 450 g/mol. The summed E-state index contributed by atoms with van der Waals surface area (Å²) in [6.07, 6.45) is 0.426. The van der Waals surface area contributed by atoms with E-state index in [9.17, 15) is 18.0 Å². The van der Waals surface area contributed by atoms with Crippen LogP contribution in [0.4, 0.5) is 17.1 Å². The number of aryl methyl sites for hydroxylation is 2. The Bertz CT molecular complexity index is 1300. The Hall–Kier alpha value is -3.65. The normalized spacial score (nSPS) is 11.2. The minimum Gasteiger partial charge on any atom is -0.326 e. The third-order valence-corrected chi connectivity index (χ3v) is 6.54. The van der Waals surface area contributed by atoms with Crippen molar-refractivity contribution < 1.29 is 18.0 Å². The van der Waals surface area contributed by atoms with Gasteiger partial charge in [0, 0.05) is 23.4 Å². The van der Waals surface area contributed by atoms with Crippen molar-refractivity contribution in [3.05, 3.63) is 83.4 Å². The van der Waals surface area contributed by atoms with Gasteiger partial charge >= 0.3 is 0 Å². The van der Waals surface area contributed by atoms with Gasteiger partial charge in [-0.2, -0.15) is 0 Å². The maximum absolute atomic E-state index is 12.9. The van der Waals surface area contributed by atoms with Crippen molar-refractivity contribution in [2.24, 2.45) is 5.92 Å². The lowest BCUT2D eigenvalue weighted by atomic mass is 10.1. The molecule has 2 amide bonds. The summed E-state index contributed by atoms with van der Waals surface area (Å²) in [6.45, 7) is 7.50. The molecule has 0 unspecified atom stereocenters. The maximum Gasteiger partial charge on any atom is 0.261 e. The van der Waals surface area contributed by atoms with Crippen LogP contribution in [-0.2, 0) is 14.8 Å². The van der Waals surface area contributed by atoms with Crippen molar-refractivity contribution in [1.29, 1.82) is 0 Å². The standard InChI is InChI=1S/C26H29N3O4S/c1-17(2)15-25(30)27-20-10-12-21(13-11-20)28-26(31)23-16-22(14-9-18(23)3)34(32,33)29-24-8-6-5-7-19(24)4/h5-14,16-17,29H,15H2,1-4H3,(H,27,30)(H,28,31). The van der Waals surface area contributed by atoms with Crippen LogP contribution in [0.15, 0.2) is 71.6 Å². The molecule has 3 N–H and O–H groups in total. The quantitative estimate of drug-likeness (QED) is 0.405. The van der Waals surface area contributed by atoms with Crippen LogP contribution in [0.25, 0.3) is 0 Å². The van der Waals surface area contributed by atoms with E-state index in [2.05, 4.69) is 15.4 Å². The molecule has 0 saturated heterocycles. The molecule has 0 bridgehead atoms. The second-order valence-corrected chi connectivity index (χ2v) is 10.3. The zero-order valence-electron chi connectivity index (χ0n) is 19.7. The number of carbonyl (C=O) groups excluding carboxylic acids is 2. The Morgan fingerprint density at radius 3 is 2.06 bits per heavy atom. The third-order valence-electron chi connectivity index (χ3n) is 5.17. The van der Waals surface area contributed by atoms with Crippen molar-refractivity contribution in [3.63, 3.8) is 0 Å². The number of rotatable bonds is 8. The van der Waals surface area contributed by atoms with E-state index < -0.39 is 15.9 Å². The Morgan fingerprint density at radius 2 is 1.44 bits per heavy atom. The number of para-hydroxylation sites is 1. The molecule has 0 fully saturated rings. The van der Waals surface area contributed by atoms with Gasteiger partial charge in [0.05, 0.1) is 10.6 Å². The average Bonchev–Trinajstić information content (AvgIpc) is 2.76. The number of amides is 2. The molecule has 0 spiro atoms. The summed E-state index contributed by atoms with van der Waals surface area (Å²) in [5, 5.41) is 5.60. The van der Waals surface area contributed by atoms with E-state index in [1.807, 2.05) is 32.9 Å². The number of nitrogens with one attached hydrogen (secondary N) is 3. The molecule has 0 atom stereocenters. The molecule has 0 heterocycles. The second-order valence-electron chi connectivity index (χ2n) is 8.57. The van der Waals surface area contributed by atoms with Gasteiger partial charge in [0.25, 0.3) is 15.9 Å². The molecule has 0 saturated carbocycles. The van der Waals surface area contributed by atoms with E-state index >= 15 is 0 Å². The minimum absolute atomic E-state index is 0.00489. The van der Waals surface area contributed by atoms with Crippen molar-refractivity contribution in [2.45, 2.75) is 39.0 Å². The largest absolute Gasteiger partial charge is 0.326 e. The molecule has 34 heavy (non-hydrogen) atoms. The number of sulfonamides is 1. The summed E-state index contributed by atoms with van der Waals surface area (Å²) >= 11 is 0. The van der Waals surface area contributed by atoms with E-state index in [0.717, 1.165) is 5.56 Å². The lowest BCUT2D eigenvalue weighted by molar-refractivity contribution is -0.116. The van der Waals surface area contributed by atoms with E-state index in [1.165, 1.54) is 12.1 Å². The molecule has 0 aromatic heterocycles. The maximum atomic E-state index is 12.9. The van der Waals surface area contributed by atoms with Crippen molar-refractivity contribution in [3.8, 4) is 0 Å². The van der Waals surface area contributed by atoms with Crippen LogP contribution < -0.4 is 15.4 Å². The number of benzene rings is 3. The molecule has 3 aromatic carbocycles. The molecule has 0 aliphatic rings. The van der Waals surface area contributed by atoms with Crippen molar-refractivity contribution in [1.82, 2.24) is 0 Å². The van der Waals surface area contributed by atoms with Gasteiger partial charge in [-0.25, -0.2) is 8.42 Å². The highest BCUT2D eigenvalue weighted by molar-refractivity contribution is 7.92. The molecule has 3 aromatic rings. The first kappa shape index (κ1) is 25.0. The molecule has 0 aliphatic heterocycles. The van der Waals surface area contributed by atoms with Gasteiger partial charge in [-0.3, -0.25) is 14.3 Å². The molecule has 0 aliphatic carbocycles. The Labute approximate surface area is 200 Å². The highest BCUT2D eigenvalue weighted by Gasteiger charge is 2.19. The number of hydrogen-bond acceptors (Lipinski definition) is 4. The Balaban J connectivity index is 1.75. The first-order valence-corrected chi connectivity index (χ1v) is 12.4. The van der Waals surface area contributed by atoms with E-state index in [4.69, 9.17) is 0 Å². The highest BCUT2D eigenvalue weighted by atomic mass is 32.2. The Kier molecular flexibility index (Phi) is 7.73. The number of hydrogen-bond donors (Lipinski definition) is 3. The van der Waals surface area contributed by atoms with E-state index in [-0.39, 0.29) is 22.3 Å². The smallest absolute Gasteiger partial charge is 0.261 e. The van der Waals surface area contributed by atoms with Crippen LogP contribution in [0.5, 0.6) is 0 Å². The van der Waals surface area contributed by atoms with Crippen molar-refractivity contribution >= 4 is 38.9 Å². The van der Waals surface area contributed by atoms with Crippen LogP contribution >= 0.6 is 0 Å².